The van der Waals surface area contributed by atoms with Gasteiger partial charge in [-0.1, -0.05) is 23.2 Å². The molecule has 2 atom stereocenters. The van der Waals surface area contributed by atoms with Gasteiger partial charge in [-0.05, 0) is 30.7 Å². The lowest BCUT2D eigenvalue weighted by atomic mass is 10.1. The van der Waals surface area contributed by atoms with Gasteiger partial charge < -0.3 is 10.0 Å². The minimum atomic E-state index is -0.976. The first kappa shape index (κ1) is 16.8. The van der Waals surface area contributed by atoms with Gasteiger partial charge in [-0.2, -0.15) is 5.26 Å². The van der Waals surface area contributed by atoms with E-state index in [9.17, 15) is 9.90 Å². The fourth-order valence-electron chi connectivity index (χ4n) is 1.71. The zero-order chi connectivity index (χ0) is 15.3. The van der Waals surface area contributed by atoms with Gasteiger partial charge in [0.25, 0.3) is 0 Å². The van der Waals surface area contributed by atoms with Crippen molar-refractivity contribution in [1.29, 1.82) is 5.26 Å². The summed E-state index contributed by atoms with van der Waals surface area (Å²) in [5.74, 6) is -0.239. The summed E-state index contributed by atoms with van der Waals surface area (Å²) in [5, 5.41) is 19.5. The monoisotopic (exact) mass is 314 g/mol. The van der Waals surface area contributed by atoms with E-state index in [-0.39, 0.29) is 24.8 Å². The van der Waals surface area contributed by atoms with Crippen LogP contribution in [0.25, 0.3) is 0 Å². The van der Waals surface area contributed by atoms with E-state index in [4.69, 9.17) is 28.5 Å². The minimum Gasteiger partial charge on any atom is -0.388 e. The lowest BCUT2D eigenvalue weighted by Gasteiger charge is -2.24. The van der Waals surface area contributed by atoms with E-state index >= 15 is 0 Å². The van der Waals surface area contributed by atoms with Crippen molar-refractivity contribution in [2.24, 2.45) is 0 Å². The lowest BCUT2D eigenvalue weighted by Crippen LogP contribution is -2.35. The van der Waals surface area contributed by atoms with E-state index in [2.05, 4.69) is 0 Å². The maximum atomic E-state index is 12.0. The van der Waals surface area contributed by atoms with Crippen molar-refractivity contribution < 1.29 is 9.90 Å². The summed E-state index contributed by atoms with van der Waals surface area (Å²) in [6, 6.07) is 6.52. The predicted molar refractivity (Wildman–Crippen MR) is 78.5 cm³/mol. The van der Waals surface area contributed by atoms with Crippen LogP contribution in [-0.4, -0.2) is 29.0 Å². The van der Waals surface area contributed by atoms with Crippen molar-refractivity contribution >= 4 is 29.1 Å². The summed E-state index contributed by atoms with van der Waals surface area (Å²) < 4.78 is 0. The van der Waals surface area contributed by atoms with Crippen molar-refractivity contribution in [3.63, 3.8) is 0 Å². The largest absolute Gasteiger partial charge is 0.388 e. The van der Waals surface area contributed by atoms with Crippen molar-refractivity contribution in [3.05, 3.63) is 33.8 Å². The molecule has 0 aliphatic carbocycles. The molecular weight excluding hydrogens is 299 g/mol. The number of nitrogens with zero attached hydrogens (tertiary/aromatic N) is 2. The van der Waals surface area contributed by atoms with E-state index in [1.165, 1.54) is 4.90 Å². The third-order valence-electron chi connectivity index (χ3n) is 3.08. The van der Waals surface area contributed by atoms with Gasteiger partial charge in [0.15, 0.2) is 0 Å². The highest BCUT2D eigenvalue weighted by Crippen LogP contribution is 2.25. The molecule has 0 aliphatic heterocycles. The van der Waals surface area contributed by atoms with E-state index in [0.29, 0.717) is 15.6 Å². The number of nitriles is 1. The highest BCUT2D eigenvalue weighted by atomic mass is 35.5. The molecule has 0 aromatic heterocycles. The molecule has 0 aliphatic rings. The summed E-state index contributed by atoms with van der Waals surface area (Å²) in [6.45, 7) is 1.78. The summed E-state index contributed by atoms with van der Waals surface area (Å²) >= 11 is 11.7. The van der Waals surface area contributed by atoms with Gasteiger partial charge in [-0.15, -0.1) is 0 Å². The van der Waals surface area contributed by atoms with Crippen LogP contribution in [0.4, 0.5) is 0 Å². The molecule has 6 heteroatoms. The molecule has 0 bridgehead atoms. The fourth-order valence-corrected chi connectivity index (χ4v) is 2.25. The maximum absolute atomic E-state index is 12.0. The predicted octanol–water partition coefficient (Wildman–Crippen LogP) is 3.18. The number of aliphatic hydroxyl groups is 1. The number of halogens is 2. The van der Waals surface area contributed by atoms with Gasteiger partial charge in [0, 0.05) is 23.1 Å². The van der Waals surface area contributed by atoms with Gasteiger partial charge in [-0.25, -0.2) is 0 Å². The van der Waals surface area contributed by atoms with Crippen molar-refractivity contribution in [3.8, 4) is 6.07 Å². The van der Waals surface area contributed by atoms with E-state index in [1.807, 2.05) is 6.07 Å². The molecule has 0 saturated carbocycles. The first-order chi connectivity index (χ1) is 9.35. The molecule has 0 heterocycles. The standard InChI is InChI=1S/C14H16Cl2N2O2/c1-9(3-4-17)18(2)14(20)8-13(19)10-5-11(15)7-12(16)6-10/h5-7,9,13,19H,3,8H2,1-2H3. The molecule has 0 spiro atoms. The topological polar surface area (TPSA) is 64.3 Å². The normalized spacial score (nSPS) is 13.4. The van der Waals surface area contributed by atoms with Crippen LogP contribution in [0.5, 0.6) is 0 Å². The van der Waals surface area contributed by atoms with Crippen LogP contribution < -0.4 is 0 Å². The quantitative estimate of drug-likeness (QED) is 0.907. The molecule has 0 saturated heterocycles. The zero-order valence-corrected chi connectivity index (χ0v) is 12.8. The molecule has 2 unspecified atom stereocenters. The maximum Gasteiger partial charge on any atom is 0.225 e. The third-order valence-corrected chi connectivity index (χ3v) is 3.52. The van der Waals surface area contributed by atoms with Crippen LogP contribution in [0.2, 0.25) is 10.0 Å². The number of hydrogen-bond donors (Lipinski definition) is 1. The van der Waals surface area contributed by atoms with Crippen molar-refractivity contribution in [2.75, 3.05) is 7.05 Å². The summed E-state index contributed by atoms with van der Waals surface area (Å²) in [7, 11) is 1.61. The van der Waals surface area contributed by atoms with Gasteiger partial charge in [0.2, 0.25) is 5.91 Å². The molecule has 1 aromatic carbocycles. The van der Waals surface area contributed by atoms with E-state index in [1.54, 1.807) is 32.2 Å². The van der Waals surface area contributed by atoms with Crippen molar-refractivity contribution in [1.82, 2.24) is 4.90 Å². The van der Waals surface area contributed by atoms with E-state index < -0.39 is 6.10 Å². The Kier molecular flexibility index (Phi) is 6.28. The number of hydrogen-bond acceptors (Lipinski definition) is 3. The molecular formula is C14H16Cl2N2O2. The van der Waals surface area contributed by atoms with E-state index in [0.717, 1.165) is 0 Å². The van der Waals surface area contributed by atoms with Crippen LogP contribution in [0.3, 0.4) is 0 Å². The Morgan fingerprint density at radius 3 is 2.45 bits per heavy atom. The minimum absolute atomic E-state index is 0.0804. The Hall–Kier alpha value is -1.28. The molecule has 20 heavy (non-hydrogen) atoms. The number of amides is 1. The van der Waals surface area contributed by atoms with Crippen LogP contribution in [0, 0.1) is 11.3 Å². The average Bonchev–Trinajstić information content (AvgIpc) is 2.36. The molecule has 1 rings (SSSR count). The second-order valence-electron chi connectivity index (χ2n) is 4.64. The number of aliphatic hydroxyl groups excluding tert-OH is 1. The second kappa shape index (κ2) is 7.49. The molecule has 108 valence electrons. The van der Waals surface area contributed by atoms with Crippen LogP contribution in [0.1, 0.15) is 31.4 Å². The first-order valence-electron chi connectivity index (χ1n) is 6.11. The number of benzene rings is 1. The van der Waals surface area contributed by atoms with Gasteiger partial charge in [-0.3, -0.25) is 4.79 Å². The number of carbonyl (C=O) groups is 1. The molecule has 4 nitrogen and oxygen atoms in total. The highest BCUT2D eigenvalue weighted by Gasteiger charge is 2.20. The molecule has 0 fully saturated rings. The number of carbonyl (C=O) groups excluding carboxylic acids is 1. The Balaban J connectivity index is 2.72. The molecule has 0 radical (unpaired) electrons. The average molecular weight is 315 g/mol. The smallest absolute Gasteiger partial charge is 0.225 e. The molecule has 1 amide bonds. The van der Waals surface area contributed by atoms with Crippen LogP contribution in [0.15, 0.2) is 18.2 Å². The Morgan fingerprint density at radius 1 is 1.40 bits per heavy atom. The molecule has 1 aromatic rings. The summed E-state index contributed by atoms with van der Waals surface area (Å²) in [5.41, 5.74) is 0.497. The van der Waals surface area contributed by atoms with Crippen LogP contribution >= 0.6 is 23.2 Å². The SMILES string of the molecule is CC(CC#N)N(C)C(=O)CC(O)c1cc(Cl)cc(Cl)c1. The second-order valence-corrected chi connectivity index (χ2v) is 5.51. The van der Waals surface area contributed by atoms with Gasteiger partial charge >= 0.3 is 0 Å². The van der Waals surface area contributed by atoms with Gasteiger partial charge in [0.1, 0.15) is 0 Å². The number of rotatable bonds is 5. The Labute approximate surface area is 128 Å². The van der Waals surface area contributed by atoms with Crippen LogP contribution in [-0.2, 0) is 4.79 Å². The molecule has 1 N–H and O–H groups in total. The van der Waals surface area contributed by atoms with Crippen molar-refractivity contribution in [2.45, 2.75) is 31.9 Å². The lowest BCUT2D eigenvalue weighted by molar-refractivity contribution is -0.133. The third kappa shape index (κ3) is 4.68. The zero-order valence-electron chi connectivity index (χ0n) is 11.3. The fraction of sp³-hybridized carbons (Fsp3) is 0.429. The summed E-state index contributed by atoms with van der Waals surface area (Å²) in [6.07, 6.45) is -0.806. The Morgan fingerprint density at radius 2 is 1.95 bits per heavy atom. The highest BCUT2D eigenvalue weighted by molar-refractivity contribution is 6.34. The Bertz CT molecular complexity index is 508. The van der Waals surface area contributed by atoms with Gasteiger partial charge in [0.05, 0.1) is 25.0 Å². The summed E-state index contributed by atoms with van der Waals surface area (Å²) in [4.78, 5) is 13.5. The first-order valence-corrected chi connectivity index (χ1v) is 6.87.